The molecule has 0 spiro atoms. The fourth-order valence-corrected chi connectivity index (χ4v) is 5.63. The maximum atomic E-state index is 14.2. The molecule has 0 bridgehead atoms. The van der Waals surface area contributed by atoms with Crippen LogP contribution in [0.5, 0.6) is 5.75 Å². The number of para-hydroxylation sites is 2. The van der Waals surface area contributed by atoms with Gasteiger partial charge in [-0.2, -0.15) is 0 Å². The lowest BCUT2D eigenvalue weighted by Crippen LogP contribution is -2.36. The van der Waals surface area contributed by atoms with E-state index < -0.39 is 21.7 Å². The molecule has 166 valence electrons. The highest BCUT2D eigenvalue weighted by Crippen LogP contribution is 2.35. The molecule has 0 aliphatic carbocycles. The van der Waals surface area contributed by atoms with E-state index in [2.05, 4.69) is 0 Å². The van der Waals surface area contributed by atoms with Crippen LogP contribution in [0, 0.1) is 5.82 Å². The average Bonchev–Trinajstić information content (AvgIpc) is 2.82. The maximum Gasteiger partial charge on any atom is 0.268 e. The molecule has 0 saturated heterocycles. The lowest BCUT2D eigenvalue weighted by Gasteiger charge is -2.31. The maximum absolute atomic E-state index is 14.2. The van der Waals surface area contributed by atoms with Crippen LogP contribution in [0.25, 0.3) is 0 Å². The number of fused-ring (bicyclic) bond motifs is 1. The number of benzene rings is 3. The lowest BCUT2D eigenvalue weighted by molar-refractivity contribution is 0.0992. The van der Waals surface area contributed by atoms with Crippen molar-refractivity contribution >= 4 is 27.3 Å². The first-order valence-corrected chi connectivity index (χ1v) is 11.6. The second kappa shape index (κ2) is 8.63. The summed E-state index contributed by atoms with van der Waals surface area (Å²) in [5.41, 5.74) is 1.79. The van der Waals surface area contributed by atoms with Crippen LogP contribution in [0.4, 0.5) is 15.8 Å². The molecule has 0 aromatic heterocycles. The van der Waals surface area contributed by atoms with E-state index in [-0.39, 0.29) is 21.9 Å². The van der Waals surface area contributed by atoms with Crippen molar-refractivity contribution in [1.29, 1.82) is 0 Å². The highest BCUT2D eigenvalue weighted by Gasteiger charge is 2.32. The number of methoxy groups -OCH3 is 1. The van der Waals surface area contributed by atoms with E-state index in [1.807, 2.05) is 12.1 Å². The van der Waals surface area contributed by atoms with Crippen LogP contribution in [-0.4, -0.2) is 35.0 Å². The largest absolute Gasteiger partial charge is 0.495 e. The SMILES string of the molecule is COc1ccc(C(=O)N(C)c2ccccc2F)cc1S(=O)(=O)N1CCCc2ccccc21. The van der Waals surface area contributed by atoms with Gasteiger partial charge in [-0.3, -0.25) is 9.10 Å². The molecule has 6 nitrogen and oxygen atoms in total. The lowest BCUT2D eigenvalue weighted by atomic mass is 10.0. The van der Waals surface area contributed by atoms with E-state index in [9.17, 15) is 17.6 Å². The van der Waals surface area contributed by atoms with E-state index in [0.29, 0.717) is 18.7 Å². The van der Waals surface area contributed by atoms with Crippen LogP contribution >= 0.6 is 0 Å². The Hall–Kier alpha value is -3.39. The van der Waals surface area contributed by atoms with Crippen LogP contribution in [0.2, 0.25) is 0 Å². The molecule has 3 aromatic carbocycles. The normalized spacial score (nSPS) is 13.4. The molecule has 0 N–H and O–H groups in total. The third kappa shape index (κ3) is 3.82. The Morgan fingerprint density at radius 2 is 1.78 bits per heavy atom. The number of ether oxygens (including phenoxy) is 1. The van der Waals surface area contributed by atoms with E-state index >= 15 is 0 Å². The first-order chi connectivity index (χ1) is 15.3. The molecule has 0 radical (unpaired) electrons. The number of halogens is 1. The molecule has 0 fully saturated rings. The topological polar surface area (TPSA) is 66.9 Å². The summed E-state index contributed by atoms with van der Waals surface area (Å²) in [6.45, 7) is 0.329. The molecular weight excluding hydrogens is 431 g/mol. The molecule has 32 heavy (non-hydrogen) atoms. The van der Waals surface area contributed by atoms with Gasteiger partial charge in [-0.15, -0.1) is 0 Å². The van der Waals surface area contributed by atoms with Crippen molar-refractivity contribution < 1.29 is 22.3 Å². The molecule has 0 atom stereocenters. The smallest absolute Gasteiger partial charge is 0.268 e. The van der Waals surface area contributed by atoms with Crippen molar-refractivity contribution in [3.05, 3.63) is 83.7 Å². The van der Waals surface area contributed by atoms with Crippen LogP contribution in [-0.2, 0) is 16.4 Å². The van der Waals surface area contributed by atoms with Crippen molar-refractivity contribution in [2.45, 2.75) is 17.7 Å². The average molecular weight is 455 g/mol. The highest BCUT2D eigenvalue weighted by molar-refractivity contribution is 7.93. The number of carbonyl (C=O) groups is 1. The van der Waals surface area contributed by atoms with Crippen LogP contribution in [0.15, 0.2) is 71.6 Å². The predicted molar refractivity (Wildman–Crippen MR) is 121 cm³/mol. The minimum Gasteiger partial charge on any atom is -0.495 e. The monoisotopic (exact) mass is 454 g/mol. The third-order valence-electron chi connectivity index (χ3n) is 5.56. The van der Waals surface area contributed by atoms with Crippen molar-refractivity contribution in [3.63, 3.8) is 0 Å². The van der Waals surface area contributed by atoms with Gasteiger partial charge >= 0.3 is 0 Å². The van der Waals surface area contributed by atoms with Gasteiger partial charge in [0.1, 0.15) is 16.5 Å². The Balaban J connectivity index is 1.76. The van der Waals surface area contributed by atoms with Crippen LogP contribution < -0.4 is 13.9 Å². The number of amides is 1. The fraction of sp³-hybridized carbons (Fsp3) is 0.208. The zero-order valence-corrected chi connectivity index (χ0v) is 18.6. The molecule has 1 aliphatic heterocycles. The summed E-state index contributed by atoms with van der Waals surface area (Å²) < 4.78 is 48.2. The van der Waals surface area contributed by atoms with Gasteiger partial charge in [-0.1, -0.05) is 30.3 Å². The van der Waals surface area contributed by atoms with Crippen LogP contribution in [0.1, 0.15) is 22.3 Å². The van der Waals surface area contributed by atoms with Gasteiger partial charge in [-0.05, 0) is 54.8 Å². The van der Waals surface area contributed by atoms with E-state index in [1.165, 1.54) is 54.9 Å². The first kappa shape index (κ1) is 21.8. The molecule has 1 aliphatic rings. The number of anilines is 2. The molecule has 1 heterocycles. The summed E-state index contributed by atoms with van der Waals surface area (Å²) in [5.74, 6) is -0.943. The van der Waals surface area contributed by atoms with Crippen molar-refractivity contribution in [1.82, 2.24) is 0 Å². The summed E-state index contributed by atoms with van der Waals surface area (Å²) in [6.07, 6.45) is 1.48. The van der Waals surface area contributed by atoms with Gasteiger partial charge in [-0.25, -0.2) is 12.8 Å². The number of nitrogens with zero attached hydrogens (tertiary/aromatic N) is 2. The van der Waals surface area contributed by atoms with Gasteiger partial charge in [0.05, 0.1) is 18.5 Å². The predicted octanol–water partition coefficient (Wildman–Crippen LogP) is 4.25. The minimum absolute atomic E-state index is 0.0997. The van der Waals surface area contributed by atoms with Gasteiger partial charge in [0, 0.05) is 19.2 Å². The summed E-state index contributed by atoms with van der Waals surface area (Å²) in [4.78, 5) is 14.1. The molecular formula is C24H23FN2O4S. The molecule has 8 heteroatoms. The molecule has 0 saturated carbocycles. The number of carbonyl (C=O) groups excluding carboxylic acids is 1. The zero-order chi connectivity index (χ0) is 22.9. The standard InChI is InChI=1S/C24H23FN2O4S/c1-26(21-12-6-4-10-19(21)25)24(28)18-13-14-22(31-2)23(16-18)32(29,30)27-15-7-9-17-8-3-5-11-20(17)27/h3-6,8,10-14,16H,7,9,15H2,1-2H3. The van der Waals surface area contributed by atoms with Crippen molar-refractivity contribution in [3.8, 4) is 5.75 Å². The number of hydrogen-bond acceptors (Lipinski definition) is 4. The quantitative estimate of drug-likeness (QED) is 0.578. The van der Waals surface area contributed by atoms with Gasteiger partial charge in [0.25, 0.3) is 15.9 Å². The van der Waals surface area contributed by atoms with Crippen molar-refractivity contribution in [2.24, 2.45) is 0 Å². The minimum atomic E-state index is -4.01. The van der Waals surface area contributed by atoms with Crippen molar-refractivity contribution in [2.75, 3.05) is 29.9 Å². The Bertz CT molecular complexity index is 1280. The van der Waals surface area contributed by atoms with E-state index in [1.54, 1.807) is 18.2 Å². The zero-order valence-electron chi connectivity index (χ0n) is 17.8. The van der Waals surface area contributed by atoms with Gasteiger partial charge < -0.3 is 9.64 Å². The van der Waals surface area contributed by atoms with Crippen LogP contribution in [0.3, 0.4) is 0 Å². The van der Waals surface area contributed by atoms with E-state index in [4.69, 9.17) is 4.74 Å². The summed E-state index contributed by atoms with van der Waals surface area (Å²) >= 11 is 0. The second-order valence-corrected chi connectivity index (χ2v) is 9.32. The summed E-state index contributed by atoms with van der Waals surface area (Å²) in [7, 11) is -1.18. The molecule has 1 amide bonds. The third-order valence-corrected chi connectivity index (χ3v) is 7.40. The Morgan fingerprint density at radius 1 is 1.06 bits per heavy atom. The summed E-state index contributed by atoms with van der Waals surface area (Å²) in [6, 6.07) is 17.5. The Morgan fingerprint density at radius 3 is 2.53 bits per heavy atom. The fourth-order valence-electron chi connectivity index (χ4n) is 3.91. The number of hydrogen-bond donors (Lipinski definition) is 0. The number of aryl methyl sites for hydroxylation is 1. The number of sulfonamides is 1. The first-order valence-electron chi connectivity index (χ1n) is 10.2. The molecule has 4 rings (SSSR count). The highest BCUT2D eigenvalue weighted by atomic mass is 32.2. The van der Waals surface area contributed by atoms with Gasteiger partial charge in [0.15, 0.2) is 0 Å². The number of rotatable bonds is 5. The molecule has 3 aromatic rings. The second-order valence-electron chi connectivity index (χ2n) is 7.49. The molecule has 0 unspecified atom stereocenters. The van der Waals surface area contributed by atoms with Gasteiger partial charge in [0.2, 0.25) is 0 Å². The Kier molecular flexibility index (Phi) is 5.88. The summed E-state index contributed by atoms with van der Waals surface area (Å²) in [5, 5.41) is 0. The Labute approximate surface area is 186 Å². The van der Waals surface area contributed by atoms with E-state index in [0.717, 1.165) is 16.9 Å².